The molecule has 0 aromatic carbocycles. The van der Waals surface area contributed by atoms with Crippen molar-refractivity contribution in [1.29, 1.82) is 0 Å². The predicted molar refractivity (Wildman–Crippen MR) is 82.8 cm³/mol. The second kappa shape index (κ2) is 6.59. The molecule has 2 unspecified atom stereocenters. The van der Waals surface area contributed by atoms with Gasteiger partial charge in [-0.1, -0.05) is 0 Å². The number of nitrogens with zero attached hydrogens (tertiary/aromatic N) is 4. The van der Waals surface area contributed by atoms with E-state index in [0.717, 1.165) is 5.69 Å². The zero-order valence-electron chi connectivity index (χ0n) is 12.0. The second-order valence-electron chi connectivity index (χ2n) is 4.63. The molecular weight excluding hydrogens is 302 g/mol. The maximum atomic E-state index is 12.2. The first kappa shape index (κ1) is 17.0. The van der Waals surface area contributed by atoms with E-state index in [4.69, 9.17) is 0 Å². The van der Waals surface area contributed by atoms with Crippen LogP contribution in [0.3, 0.4) is 0 Å². The summed E-state index contributed by atoms with van der Waals surface area (Å²) in [6, 6.07) is 2.04. The fraction of sp³-hybridized carbons (Fsp3) is 0.700. The summed E-state index contributed by atoms with van der Waals surface area (Å²) in [6.45, 7) is 6.66. The molecule has 19 heavy (non-hydrogen) atoms. The minimum Gasteiger partial charge on any atom is -0.298 e. The first-order valence-electron chi connectivity index (χ1n) is 5.90. The number of aromatic nitrogens is 2. The summed E-state index contributed by atoms with van der Waals surface area (Å²) < 4.78 is 27.2. The van der Waals surface area contributed by atoms with Gasteiger partial charge in [0.15, 0.2) is 5.03 Å². The summed E-state index contributed by atoms with van der Waals surface area (Å²) in [4.78, 5) is 2.13. The molecule has 1 heterocycles. The summed E-state index contributed by atoms with van der Waals surface area (Å²) in [6.07, 6.45) is 0. The molecule has 110 valence electrons. The van der Waals surface area contributed by atoms with E-state index in [2.05, 4.69) is 33.2 Å². The van der Waals surface area contributed by atoms with Gasteiger partial charge in [0.2, 0.25) is 0 Å². The Labute approximate surface area is 119 Å². The van der Waals surface area contributed by atoms with E-state index in [0.29, 0.717) is 12.6 Å². The van der Waals surface area contributed by atoms with E-state index in [1.165, 1.54) is 3.85 Å². The quantitative estimate of drug-likeness (QED) is 0.739. The van der Waals surface area contributed by atoms with Gasteiger partial charge in [-0.05, 0) is 45.7 Å². The van der Waals surface area contributed by atoms with Crippen LogP contribution in [0.25, 0.3) is 0 Å². The van der Waals surface area contributed by atoms with Crippen LogP contribution in [-0.4, -0.2) is 46.7 Å². The molecule has 0 aliphatic carbocycles. The van der Waals surface area contributed by atoms with Gasteiger partial charge in [-0.2, -0.15) is 8.94 Å². The molecule has 0 spiro atoms. The maximum absolute atomic E-state index is 12.2. The second-order valence-corrected chi connectivity index (χ2v) is 9.05. The van der Waals surface area contributed by atoms with Crippen LogP contribution in [0.15, 0.2) is 11.1 Å². The summed E-state index contributed by atoms with van der Waals surface area (Å²) in [5.41, 5.74) is 0.882. The summed E-state index contributed by atoms with van der Waals surface area (Å²) in [5.74, 6) is 0. The third-order valence-electron chi connectivity index (χ3n) is 2.99. The zero-order chi connectivity index (χ0) is 14.8. The van der Waals surface area contributed by atoms with Crippen molar-refractivity contribution in [2.24, 2.45) is 7.05 Å². The highest BCUT2D eigenvalue weighted by molar-refractivity contribution is 7.96. The van der Waals surface area contributed by atoms with Gasteiger partial charge in [0, 0.05) is 25.7 Å². The van der Waals surface area contributed by atoms with Gasteiger partial charge in [0.1, 0.15) is 0 Å². The molecule has 1 aromatic rings. The van der Waals surface area contributed by atoms with Crippen LogP contribution in [0, 0.1) is 0 Å². The highest BCUT2D eigenvalue weighted by atomic mass is 32.2. The van der Waals surface area contributed by atoms with E-state index in [1.807, 2.05) is 7.05 Å². The van der Waals surface area contributed by atoms with Crippen molar-refractivity contribution in [2.45, 2.75) is 31.5 Å². The molecule has 2 atom stereocenters. The predicted octanol–water partition coefficient (Wildman–Crippen LogP) is 1.26. The normalized spacial score (nSPS) is 13.5. The number of aryl methyl sites for hydroxylation is 1. The van der Waals surface area contributed by atoms with Gasteiger partial charge in [-0.3, -0.25) is 9.58 Å². The molecule has 1 rings (SSSR count). The van der Waals surface area contributed by atoms with Gasteiger partial charge in [0.05, 0.1) is 5.69 Å². The Kier molecular flexibility index (Phi) is 5.90. The third kappa shape index (κ3) is 3.96. The van der Waals surface area contributed by atoms with E-state index < -0.39 is 10.0 Å². The van der Waals surface area contributed by atoms with Gasteiger partial charge in [0.25, 0.3) is 10.0 Å². The van der Waals surface area contributed by atoms with Crippen molar-refractivity contribution >= 4 is 28.1 Å². The van der Waals surface area contributed by atoms with Crippen LogP contribution in [0.2, 0.25) is 0 Å². The van der Waals surface area contributed by atoms with E-state index in [9.17, 15) is 8.42 Å². The van der Waals surface area contributed by atoms with Crippen molar-refractivity contribution < 1.29 is 8.42 Å². The van der Waals surface area contributed by atoms with Gasteiger partial charge >= 0.3 is 0 Å². The van der Waals surface area contributed by atoms with Crippen LogP contribution in [-0.2, 0) is 23.6 Å². The first-order chi connectivity index (χ1) is 8.70. The van der Waals surface area contributed by atoms with E-state index in [1.54, 1.807) is 24.5 Å². The third-order valence-corrected chi connectivity index (χ3v) is 7.55. The fourth-order valence-electron chi connectivity index (χ4n) is 1.41. The van der Waals surface area contributed by atoms with E-state index in [-0.39, 0.29) is 13.8 Å². The molecule has 0 bridgehead atoms. The highest BCUT2D eigenvalue weighted by Crippen LogP contribution is 2.28. The molecule has 1 aromatic heterocycles. The standard InChI is InChI=1S/C10H22N4O2P2S/c1-8(2)12(3)7-9-6-10(11-13(9)4)19(15,16)14(17)18-5/h6,8,18H,7,17H2,1-5H3. The van der Waals surface area contributed by atoms with Crippen molar-refractivity contribution in [2.75, 3.05) is 13.7 Å². The molecule has 0 aliphatic rings. The Morgan fingerprint density at radius 3 is 2.58 bits per heavy atom. The molecule has 0 saturated carbocycles. The highest BCUT2D eigenvalue weighted by Gasteiger charge is 2.24. The van der Waals surface area contributed by atoms with Crippen molar-refractivity contribution in [3.63, 3.8) is 0 Å². The van der Waals surface area contributed by atoms with Crippen LogP contribution < -0.4 is 0 Å². The number of hydrogen-bond acceptors (Lipinski definition) is 4. The lowest BCUT2D eigenvalue weighted by Crippen LogP contribution is -2.26. The lowest BCUT2D eigenvalue weighted by atomic mass is 10.3. The maximum Gasteiger partial charge on any atom is 0.268 e. The fourth-order valence-corrected chi connectivity index (χ4v) is 3.69. The Bertz CT molecular complexity index is 530. The summed E-state index contributed by atoms with van der Waals surface area (Å²) in [7, 11) is 2.66. The van der Waals surface area contributed by atoms with E-state index >= 15 is 0 Å². The zero-order valence-corrected chi connectivity index (χ0v) is 14.9. The van der Waals surface area contributed by atoms with Crippen LogP contribution in [0.5, 0.6) is 0 Å². The number of rotatable bonds is 6. The molecule has 6 nitrogen and oxygen atoms in total. The molecule has 0 amide bonds. The minimum atomic E-state index is -3.49. The lowest BCUT2D eigenvalue weighted by Gasteiger charge is -2.20. The number of hydrogen-bond donors (Lipinski definition) is 0. The van der Waals surface area contributed by atoms with Gasteiger partial charge in [-0.25, -0.2) is 8.42 Å². The molecule has 0 N–H and O–H groups in total. The Morgan fingerprint density at radius 2 is 2.11 bits per heavy atom. The Hall–Kier alpha value is -0.0600. The number of sulfonamides is 1. The molecular formula is C10H22N4O2P2S. The van der Waals surface area contributed by atoms with Crippen molar-refractivity contribution in [3.05, 3.63) is 11.8 Å². The molecule has 0 saturated heterocycles. The smallest absolute Gasteiger partial charge is 0.268 e. The first-order valence-corrected chi connectivity index (χ1v) is 9.31. The SMILES string of the molecule is CPN(P)S(=O)(=O)c1cc(CN(C)C(C)C)n(C)n1. The molecule has 9 heteroatoms. The Balaban J connectivity index is 3.03. The van der Waals surface area contributed by atoms with Crippen LogP contribution in [0.1, 0.15) is 19.5 Å². The summed E-state index contributed by atoms with van der Waals surface area (Å²) >= 11 is 0. The average molecular weight is 324 g/mol. The largest absolute Gasteiger partial charge is 0.298 e. The minimum absolute atomic E-state index is 0.103. The topological polar surface area (TPSA) is 58.4 Å². The van der Waals surface area contributed by atoms with Crippen molar-refractivity contribution in [1.82, 2.24) is 18.5 Å². The molecule has 0 aliphatic heterocycles. The average Bonchev–Trinajstić information content (AvgIpc) is 2.70. The molecule has 0 fully saturated rings. The lowest BCUT2D eigenvalue weighted by molar-refractivity contribution is 0.259. The molecule has 0 radical (unpaired) electrons. The van der Waals surface area contributed by atoms with Crippen LogP contribution >= 0.6 is 18.1 Å². The van der Waals surface area contributed by atoms with Gasteiger partial charge < -0.3 is 0 Å². The van der Waals surface area contributed by atoms with Gasteiger partial charge in [-0.15, -0.1) is 0 Å². The van der Waals surface area contributed by atoms with Crippen molar-refractivity contribution in [3.8, 4) is 0 Å². The van der Waals surface area contributed by atoms with Crippen LogP contribution in [0.4, 0.5) is 0 Å². The summed E-state index contributed by atoms with van der Waals surface area (Å²) in [5, 5.41) is 4.22. The monoisotopic (exact) mass is 324 g/mol. The Morgan fingerprint density at radius 1 is 1.53 bits per heavy atom.